The van der Waals surface area contributed by atoms with E-state index in [4.69, 9.17) is 4.74 Å². The van der Waals surface area contributed by atoms with Crippen LogP contribution in [0.2, 0.25) is 0 Å². The van der Waals surface area contributed by atoms with E-state index in [9.17, 15) is 4.79 Å². The number of likely N-dealkylation sites (tertiary alicyclic amines) is 1. The van der Waals surface area contributed by atoms with E-state index in [2.05, 4.69) is 11.9 Å². The van der Waals surface area contributed by atoms with Gasteiger partial charge in [0.1, 0.15) is 0 Å². The van der Waals surface area contributed by atoms with Crippen molar-refractivity contribution in [3.8, 4) is 0 Å². The Balaban J connectivity index is 1.74. The van der Waals surface area contributed by atoms with E-state index >= 15 is 0 Å². The Kier molecular flexibility index (Phi) is 4.99. The molecule has 0 aromatic carbocycles. The lowest BCUT2D eigenvalue weighted by Gasteiger charge is -2.30. The van der Waals surface area contributed by atoms with E-state index in [1.54, 1.807) is 11.3 Å². The van der Waals surface area contributed by atoms with E-state index in [-0.39, 0.29) is 6.09 Å². The number of rotatable bonds is 4. The first-order valence-electron chi connectivity index (χ1n) is 6.62. The zero-order valence-electron chi connectivity index (χ0n) is 10.8. The number of aromatic nitrogens is 1. The Bertz CT molecular complexity index is 359. The van der Waals surface area contributed by atoms with Gasteiger partial charge in [0.2, 0.25) is 0 Å². The summed E-state index contributed by atoms with van der Waals surface area (Å²) in [6, 6.07) is 0. The van der Waals surface area contributed by atoms with Crippen molar-refractivity contribution in [2.45, 2.75) is 38.5 Å². The predicted molar refractivity (Wildman–Crippen MR) is 71.9 cm³/mol. The molecule has 4 nitrogen and oxygen atoms in total. The topological polar surface area (TPSA) is 42.4 Å². The fourth-order valence-electron chi connectivity index (χ4n) is 2.14. The molecule has 5 heteroatoms. The predicted octanol–water partition coefficient (Wildman–Crippen LogP) is 3.26. The van der Waals surface area contributed by atoms with Crippen molar-refractivity contribution >= 4 is 17.4 Å². The average molecular weight is 268 g/mol. The second-order valence-electron chi connectivity index (χ2n) is 4.60. The number of ether oxygens (including phenoxy) is 1. The lowest BCUT2D eigenvalue weighted by Crippen LogP contribution is -2.38. The van der Waals surface area contributed by atoms with Crippen LogP contribution in [0.25, 0.3) is 0 Å². The Morgan fingerprint density at radius 3 is 2.94 bits per heavy atom. The average Bonchev–Trinajstić information content (AvgIpc) is 2.93. The molecule has 100 valence electrons. The second kappa shape index (κ2) is 6.73. The molecular weight excluding hydrogens is 248 g/mol. The van der Waals surface area contributed by atoms with Crippen LogP contribution in [0.1, 0.15) is 43.5 Å². The van der Waals surface area contributed by atoms with Crippen molar-refractivity contribution in [2.75, 3.05) is 19.7 Å². The summed E-state index contributed by atoms with van der Waals surface area (Å²) in [4.78, 5) is 17.9. The quantitative estimate of drug-likeness (QED) is 0.787. The number of thiazole rings is 1. The Hall–Kier alpha value is -1.10. The molecule has 0 saturated carbocycles. The van der Waals surface area contributed by atoms with Gasteiger partial charge in [0.25, 0.3) is 0 Å². The molecule has 2 heterocycles. The number of amides is 1. The maximum Gasteiger partial charge on any atom is 0.409 e. The minimum atomic E-state index is -0.152. The van der Waals surface area contributed by atoms with Crippen LogP contribution in [0, 0.1) is 0 Å². The van der Waals surface area contributed by atoms with E-state index < -0.39 is 0 Å². The summed E-state index contributed by atoms with van der Waals surface area (Å²) in [5.41, 5.74) is 0. The lowest BCUT2D eigenvalue weighted by molar-refractivity contribution is 0.0916. The molecule has 1 aliphatic heterocycles. The SMILES string of the molecule is CCCCOC(=O)N1CCC(c2nccs2)CC1. The number of unbranched alkanes of at least 4 members (excludes halogenated alkanes) is 1. The van der Waals surface area contributed by atoms with Gasteiger partial charge in [-0.15, -0.1) is 11.3 Å². The van der Waals surface area contributed by atoms with Crippen molar-refractivity contribution in [3.63, 3.8) is 0 Å². The van der Waals surface area contributed by atoms with Gasteiger partial charge in [-0.1, -0.05) is 13.3 Å². The van der Waals surface area contributed by atoms with Crippen molar-refractivity contribution < 1.29 is 9.53 Å². The summed E-state index contributed by atoms with van der Waals surface area (Å²) < 4.78 is 5.22. The molecule has 1 aliphatic rings. The first-order valence-corrected chi connectivity index (χ1v) is 7.50. The maximum absolute atomic E-state index is 11.8. The number of carbonyl (C=O) groups excluding carboxylic acids is 1. The highest BCUT2D eigenvalue weighted by atomic mass is 32.1. The summed E-state index contributed by atoms with van der Waals surface area (Å²) in [5.74, 6) is 0.518. The van der Waals surface area contributed by atoms with Crippen molar-refractivity contribution in [1.82, 2.24) is 9.88 Å². The zero-order chi connectivity index (χ0) is 12.8. The Morgan fingerprint density at radius 1 is 1.56 bits per heavy atom. The molecule has 0 bridgehead atoms. The summed E-state index contributed by atoms with van der Waals surface area (Å²) in [5, 5.41) is 3.22. The molecule has 1 saturated heterocycles. The minimum Gasteiger partial charge on any atom is -0.449 e. The fourth-order valence-corrected chi connectivity index (χ4v) is 2.95. The van der Waals surface area contributed by atoms with Gasteiger partial charge in [-0.3, -0.25) is 0 Å². The molecule has 0 radical (unpaired) electrons. The first-order chi connectivity index (χ1) is 8.81. The third kappa shape index (κ3) is 3.45. The van der Waals surface area contributed by atoms with Crippen LogP contribution in [-0.4, -0.2) is 35.7 Å². The molecular formula is C13H20N2O2S. The molecule has 1 fully saturated rings. The van der Waals surface area contributed by atoms with Crippen molar-refractivity contribution in [3.05, 3.63) is 16.6 Å². The Morgan fingerprint density at radius 2 is 2.33 bits per heavy atom. The van der Waals surface area contributed by atoms with Crippen molar-refractivity contribution in [2.24, 2.45) is 0 Å². The Labute approximate surface area is 112 Å². The molecule has 0 atom stereocenters. The van der Waals surface area contributed by atoms with E-state index in [0.29, 0.717) is 12.5 Å². The number of hydrogen-bond donors (Lipinski definition) is 0. The summed E-state index contributed by atoms with van der Waals surface area (Å²) in [6.07, 6.45) is 5.69. The third-order valence-electron chi connectivity index (χ3n) is 3.28. The smallest absolute Gasteiger partial charge is 0.409 e. The van der Waals surface area contributed by atoms with Gasteiger partial charge < -0.3 is 9.64 Å². The van der Waals surface area contributed by atoms with Gasteiger partial charge in [0.05, 0.1) is 11.6 Å². The largest absolute Gasteiger partial charge is 0.449 e. The standard InChI is InChI=1S/C13H20N2O2S/c1-2-3-9-17-13(16)15-7-4-11(5-8-15)12-14-6-10-18-12/h6,10-11H,2-5,7-9H2,1H3. The number of piperidine rings is 1. The highest BCUT2D eigenvalue weighted by Gasteiger charge is 2.25. The normalized spacial score (nSPS) is 16.8. The van der Waals surface area contributed by atoms with E-state index in [1.807, 2.05) is 16.5 Å². The van der Waals surface area contributed by atoms with Crippen LogP contribution in [0.3, 0.4) is 0 Å². The van der Waals surface area contributed by atoms with Gasteiger partial charge in [-0.25, -0.2) is 9.78 Å². The summed E-state index contributed by atoms with van der Waals surface area (Å²) in [7, 11) is 0. The van der Waals surface area contributed by atoms with E-state index in [1.165, 1.54) is 5.01 Å². The molecule has 0 aliphatic carbocycles. The van der Waals surface area contributed by atoms with Gasteiger partial charge >= 0.3 is 6.09 Å². The molecule has 0 unspecified atom stereocenters. The zero-order valence-corrected chi connectivity index (χ0v) is 11.6. The van der Waals surface area contributed by atoms with Gasteiger partial charge in [0.15, 0.2) is 0 Å². The first kappa shape index (κ1) is 13.3. The molecule has 0 spiro atoms. The van der Waals surface area contributed by atoms with Crippen LogP contribution in [0.15, 0.2) is 11.6 Å². The number of hydrogen-bond acceptors (Lipinski definition) is 4. The molecule has 1 aromatic heterocycles. The molecule has 1 amide bonds. The second-order valence-corrected chi connectivity index (χ2v) is 5.53. The molecule has 2 rings (SSSR count). The minimum absolute atomic E-state index is 0.152. The molecule has 1 aromatic rings. The fraction of sp³-hybridized carbons (Fsp3) is 0.692. The van der Waals surface area contributed by atoms with Gasteiger partial charge in [-0.2, -0.15) is 0 Å². The van der Waals surface area contributed by atoms with Crippen LogP contribution in [-0.2, 0) is 4.74 Å². The van der Waals surface area contributed by atoms with Crippen LogP contribution in [0.5, 0.6) is 0 Å². The number of nitrogens with zero attached hydrogens (tertiary/aromatic N) is 2. The van der Waals surface area contributed by atoms with E-state index in [0.717, 1.165) is 38.8 Å². The van der Waals surface area contributed by atoms with Crippen LogP contribution >= 0.6 is 11.3 Å². The van der Waals surface area contributed by atoms with Gasteiger partial charge in [-0.05, 0) is 19.3 Å². The van der Waals surface area contributed by atoms with Crippen LogP contribution in [0.4, 0.5) is 4.79 Å². The third-order valence-corrected chi connectivity index (χ3v) is 4.22. The monoisotopic (exact) mass is 268 g/mol. The molecule has 18 heavy (non-hydrogen) atoms. The number of carbonyl (C=O) groups is 1. The summed E-state index contributed by atoms with van der Waals surface area (Å²) in [6.45, 7) is 4.21. The lowest BCUT2D eigenvalue weighted by atomic mass is 9.98. The highest BCUT2D eigenvalue weighted by Crippen LogP contribution is 2.29. The summed E-state index contributed by atoms with van der Waals surface area (Å²) >= 11 is 1.71. The van der Waals surface area contributed by atoms with Gasteiger partial charge in [0, 0.05) is 30.6 Å². The molecule has 0 N–H and O–H groups in total. The van der Waals surface area contributed by atoms with Crippen LogP contribution < -0.4 is 0 Å². The van der Waals surface area contributed by atoms with Crippen molar-refractivity contribution in [1.29, 1.82) is 0 Å². The maximum atomic E-state index is 11.8. The highest BCUT2D eigenvalue weighted by molar-refractivity contribution is 7.09.